The van der Waals surface area contributed by atoms with E-state index in [1.807, 2.05) is 6.20 Å². The largest absolute Gasteiger partial charge is 0.249 e. The summed E-state index contributed by atoms with van der Waals surface area (Å²) in [5.41, 5.74) is 2.58. The molecule has 0 saturated heterocycles. The van der Waals surface area contributed by atoms with Crippen molar-refractivity contribution in [1.29, 1.82) is 0 Å². The Hall–Kier alpha value is -1.12. The number of hydrogen-bond donors (Lipinski definition) is 0. The van der Waals surface area contributed by atoms with Gasteiger partial charge in [-0.1, -0.05) is 30.6 Å². The molecule has 1 aromatic rings. The fourth-order valence-corrected chi connectivity index (χ4v) is 1.88. The average Bonchev–Trinajstić information content (AvgIpc) is 2.73. The molecule has 3 heteroatoms. The number of aromatic nitrogens is 3. The van der Waals surface area contributed by atoms with Gasteiger partial charge in [0, 0.05) is 6.54 Å². The van der Waals surface area contributed by atoms with Gasteiger partial charge >= 0.3 is 0 Å². The molecule has 1 aromatic heterocycles. The quantitative estimate of drug-likeness (QED) is 0.482. The minimum Gasteiger partial charge on any atom is -0.249 e. The lowest BCUT2D eigenvalue weighted by Crippen LogP contribution is -2.05. The Labute approximate surface area is 105 Å². The molecule has 0 bridgehead atoms. The highest BCUT2D eigenvalue weighted by Crippen LogP contribution is 2.10. The molecule has 1 heterocycles. The summed E-state index contributed by atoms with van der Waals surface area (Å²) in [4.78, 5) is 0. The van der Waals surface area contributed by atoms with Gasteiger partial charge in [0.25, 0.3) is 0 Å². The highest BCUT2D eigenvalue weighted by molar-refractivity contribution is 4.94. The van der Waals surface area contributed by atoms with Crippen LogP contribution in [0.3, 0.4) is 0 Å². The van der Waals surface area contributed by atoms with Gasteiger partial charge in [0.15, 0.2) is 0 Å². The molecular formula is C14H25N3. The number of hydrogen-bond acceptors (Lipinski definition) is 2. The van der Waals surface area contributed by atoms with Gasteiger partial charge in [-0.25, -0.2) is 4.68 Å². The molecule has 0 spiro atoms. The van der Waals surface area contributed by atoms with Crippen LogP contribution in [-0.2, 0) is 13.0 Å². The molecule has 0 aliphatic heterocycles. The van der Waals surface area contributed by atoms with Crippen molar-refractivity contribution in [2.24, 2.45) is 0 Å². The Bertz CT molecular complexity index is 328. The van der Waals surface area contributed by atoms with Crippen molar-refractivity contribution in [3.8, 4) is 0 Å². The predicted octanol–water partition coefficient (Wildman–Crippen LogP) is 3.76. The second-order valence-electron chi connectivity index (χ2n) is 4.82. The Balaban J connectivity index is 2.21. The van der Waals surface area contributed by atoms with Crippen molar-refractivity contribution in [3.05, 3.63) is 24.0 Å². The van der Waals surface area contributed by atoms with Crippen LogP contribution in [0.2, 0.25) is 0 Å². The van der Waals surface area contributed by atoms with Crippen LogP contribution in [0.4, 0.5) is 0 Å². The van der Waals surface area contributed by atoms with Crippen LogP contribution in [-0.4, -0.2) is 15.0 Å². The van der Waals surface area contributed by atoms with Crippen LogP contribution in [0, 0.1) is 0 Å². The van der Waals surface area contributed by atoms with E-state index in [1.54, 1.807) is 0 Å². The van der Waals surface area contributed by atoms with Gasteiger partial charge in [0.2, 0.25) is 0 Å². The van der Waals surface area contributed by atoms with E-state index < -0.39 is 0 Å². The van der Waals surface area contributed by atoms with E-state index in [0.29, 0.717) is 0 Å². The van der Waals surface area contributed by atoms with E-state index in [-0.39, 0.29) is 0 Å². The highest BCUT2D eigenvalue weighted by Gasteiger charge is 2.02. The summed E-state index contributed by atoms with van der Waals surface area (Å²) in [7, 11) is 0. The van der Waals surface area contributed by atoms with Crippen molar-refractivity contribution in [2.45, 2.75) is 65.3 Å². The lowest BCUT2D eigenvalue weighted by Gasteiger charge is -2.05. The molecule has 0 saturated carbocycles. The van der Waals surface area contributed by atoms with Gasteiger partial charge in [0.1, 0.15) is 0 Å². The molecule has 1 rings (SSSR count). The smallest absolute Gasteiger partial charge is 0.0725 e. The zero-order valence-corrected chi connectivity index (χ0v) is 11.3. The van der Waals surface area contributed by atoms with Crippen molar-refractivity contribution in [2.75, 3.05) is 0 Å². The number of aryl methyl sites for hydroxylation is 2. The number of rotatable bonds is 9. The lowest BCUT2D eigenvalue weighted by atomic mass is 10.1. The zero-order chi connectivity index (χ0) is 12.5. The lowest BCUT2D eigenvalue weighted by molar-refractivity contribution is 0.524. The average molecular weight is 235 g/mol. The standard InChI is InChI=1S/C14H25N3/c1-4-5-11-17-14(12-15-16-17)10-8-6-7-9-13(2)3/h12H,2,4-11H2,1,3H3. The summed E-state index contributed by atoms with van der Waals surface area (Å²) in [6.45, 7) is 9.24. The maximum atomic E-state index is 4.13. The van der Waals surface area contributed by atoms with Crippen LogP contribution in [0.25, 0.3) is 0 Å². The Morgan fingerprint density at radius 2 is 2.12 bits per heavy atom. The molecule has 3 nitrogen and oxygen atoms in total. The summed E-state index contributed by atoms with van der Waals surface area (Å²) in [6, 6.07) is 0. The third kappa shape index (κ3) is 5.66. The molecule has 0 N–H and O–H groups in total. The Morgan fingerprint density at radius 1 is 1.29 bits per heavy atom. The highest BCUT2D eigenvalue weighted by atomic mass is 15.4. The molecule has 0 radical (unpaired) electrons. The topological polar surface area (TPSA) is 30.7 Å². The SMILES string of the molecule is C=C(C)CCCCCc1cnnn1CCCC. The van der Waals surface area contributed by atoms with Crippen molar-refractivity contribution in [1.82, 2.24) is 15.0 Å². The first-order chi connectivity index (χ1) is 8.24. The number of allylic oxidation sites excluding steroid dienone is 1. The van der Waals surface area contributed by atoms with E-state index in [9.17, 15) is 0 Å². The van der Waals surface area contributed by atoms with Gasteiger partial charge in [-0.2, -0.15) is 0 Å². The molecule has 0 fully saturated rings. The maximum absolute atomic E-state index is 4.13. The third-order valence-electron chi connectivity index (χ3n) is 2.96. The van der Waals surface area contributed by atoms with Gasteiger partial charge in [-0.05, 0) is 39.0 Å². The summed E-state index contributed by atoms with van der Waals surface area (Å²) in [6.07, 6.45) is 10.3. The first-order valence-corrected chi connectivity index (χ1v) is 6.75. The first-order valence-electron chi connectivity index (χ1n) is 6.75. The first kappa shape index (κ1) is 13.9. The Kier molecular flexibility index (Phi) is 6.60. The van der Waals surface area contributed by atoms with E-state index in [4.69, 9.17) is 0 Å². The van der Waals surface area contributed by atoms with Crippen molar-refractivity contribution in [3.63, 3.8) is 0 Å². The van der Waals surface area contributed by atoms with Crippen LogP contribution < -0.4 is 0 Å². The van der Waals surface area contributed by atoms with E-state index in [0.717, 1.165) is 19.4 Å². The summed E-state index contributed by atoms with van der Waals surface area (Å²) in [5, 5.41) is 8.13. The molecule has 0 amide bonds. The molecule has 0 aliphatic rings. The van der Waals surface area contributed by atoms with Crippen LogP contribution in [0.15, 0.2) is 18.3 Å². The van der Waals surface area contributed by atoms with Gasteiger partial charge in [-0.15, -0.1) is 11.7 Å². The second-order valence-corrected chi connectivity index (χ2v) is 4.82. The molecule has 0 aliphatic carbocycles. The second kappa shape index (κ2) is 8.04. The van der Waals surface area contributed by atoms with E-state index >= 15 is 0 Å². The zero-order valence-electron chi connectivity index (χ0n) is 11.3. The van der Waals surface area contributed by atoms with E-state index in [1.165, 1.54) is 43.4 Å². The van der Waals surface area contributed by atoms with Crippen LogP contribution in [0.1, 0.15) is 58.1 Å². The van der Waals surface area contributed by atoms with Crippen LogP contribution >= 0.6 is 0 Å². The Morgan fingerprint density at radius 3 is 2.82 bits per heavy atom. The summed E-state index contributed by atoms with van der Waals surface area (Å²) in [5.74, 6) is 0. The molecule has 0 unspecified atom stereocenters. The molecule has 96 valence electrons. The maximum Gasteiger partial charge on any atom is 0.0725 e. The monoisotopic (exact) mass is 235 g/mol. The van der Waals surface area contributed by atoms with Crippen molar-refractivity contribution < 1.29 is 0 Å². The normalized spacial score (nSPS) is 10.7. The van der Waals surface area contributed by atoms with Gasteiger partial charge in [-0.3, -0.25) is 0 Å². The van der Waals surface area contributed by atoms with Crippen LogP contribution in [0.5, 0.6) is 0 Å². The van der Waals surface area contributed by atoms with E-state index in [2.05, 4.69) is 35.4 Å². The fourth-order valence-electron chi connectivity index (χ4n) is 1.88. The fraction of sp³-hybridized carbons (Fsp3) is 0.714. The molecular weight excluding hydrogens is 210 g/mol. The summed E-state index contributed by atoms with van der Waals surface area (Å²) < 4.78 is 2.06. The molecule has 0 aromatic carbocycles. The molecule has 0 atom stereocenters. The van der Waals surface area contributed by atoms with Crippen molar-refractivity contribution >= 4 is 0 Å². The third-order valence-corrected chi connectivity index (χ3v) is 2.96. The van der Waals surface area contributed by atoms with Gasteiger partial charge in [0.05, 0.1) is 11.9 Å². The summed E-state index contributed by atoms with van der Waals surface area (Å²) >= 11 is 0. The van der Waals surface area contributed by atoms with Gasteiger partial charge < -0.3 is 0 Å². The molecule has 17 heavy (non-hydrogen) atoms. The predicted molar refractivity (Wildman–Crippen MR) is 71.9 cm³/mol. The minimum atomic E-state index is 1.01. The minimum absolute atomic E-state index is 1.01. The number of unbranched alkanes of at least 4 members (excludes halogenated alkanes) is 3. The number of nitrogens with zero attached hydrogens (tertiary/aromatic N) is 3.